The van der Waals surface area contributed by atoms with Crippen LogP contribution in [-0.2, 0) is 0 Å². The molecule has 0 nitrogen and oxygen atoms in total. The van der Waals surface area contributed by atoms with Crippen molar-refractivity contribution in [2.45, 2.75) is 93.4 Å². The fourth-order valence-corrected chi connectivity index (χ4v) is 3.18. The lowest BCUT2D eigenvalue weighted by atomic mass is 9.76. The smallest absolute Gasteiger partial charge is 0.0209 e. The van der Waals surface area contributed by atoms with E-state index in [4.69, 9.17) is 0 Å². The topological polar surface area (TPSA) is 0 Å². The Morgan fingerprint density at radius 3 is 2.00 bits per heavy atom. The first-order chi connectivity index (χ1) is 9.79. The maximum Gasteiger partial charge on any atom is -0.0209 e. The van der Waals surface area contributed by atoms with Crippen LogP contribution in [0.25, 0.3) is 0 Å². The van der Waals surface area contributed by atoms with Gasteiger partial charge >= 0.3 is 0 Å². The van der Waals surface area contributed by atoms with E-state index in [1.165, 1.54) is 50.5 Å². The molecule has 0 aromatic rings. The molecule has 0 saturated heterocycles. The molecule has 0 saturated carbocycles. The fraction of sp³-hybridized carbons (Fsp3) is 0.905. The van der Waals surface area contributed by atoms with E-state index in [2.05, 4.69) is 55.0 Å². The van der Waals surface area contributed by atoms with Gasteiger partial charge in [-0.15, -0.1) is 0 Å². The summed E-state index contributed by atoms with van der Waals surface area (Å²) < 4.78 is 0. The lowest BCUT2D eigenvalue weighted by Gasteiger charge is -2.29. The van der Waals surface area contributed by atoms with Gasteiger partial charge in [0.1, 0.15) is 0 Å². The van der Waals surface area contributed by atoms with Crippen molar-refractivity contribution in [1.82, 2.24) is 0 Å². The Morgan fingerprint density at radius 1 is 0.905 bits per heavy atom. The third kappa shape index (κ3) is 9.38. The van der Waals surface area contributed by atoms with Crippen molar-refractivity contribution >= 4 is 0 Å². The summed E-state index contributed by atoms with van der Waals surface area (Å²) in [5.74, 6) is 3.99. The van der Waals surface area contributed by atoms with Gasteiger partial charge in [-0.05, 0) is 55.3 Å². The number of unbranched alkanes of at least 4 members (excludes halogenated alkanes) is 2. The van der Waals surface area contributed by atoms with E-state index in [1.807, 2.05) is 0 Å². The van der Waals surface area contributed by atoms with Crippen molar-refractivity contribution in [2.24, 2.45) is 29.6 Å². The molecule has 0 N–H and O–H groups in total. The van der Waals surface area contributed by atoms with Crippen molar-refractivity contribution in [3.63, 3.8) is 0 Å². The van der Waals surface area contributed by atoms with Crippen molar-refractivity contribution in [3.8, 4) is 0 Å². The van der Waals surface area contributed by atoms with E-state index in [1.54, 1.807) is 0 Å². The van der Waals surface area contributed by atoms with Gasteiger partial charge in [-0.3, -0.25) is 0 Å². The highest BCUT2D eigenvalue weighted by Gasteiger charge is 2.22. The molecule has 0 fully saturated rings. The first-order valence-electron chi connectivity index (χ1n) is 9.47. The molecule has 3 atom stereocenters. The Morgan fingerprint density at radius 2 is 1.52 bits per heavy atom. The van der Waals surface area contributed by atoms with Crippen LogP contribution in [0.15, 0.2) is 12.2 Å². The molecule has 126 valence electrons. The minimum atomic E-state index is 0.683. The van der Waals surface area contributed by atoms with Crippen LogP contribution in [0.2, 0.25) is 0 Å². The maximum absolute atomic E-state index is 4.37. The predicted molar refractivity (Wildman–Crippen MR) is 98.6 cm³/mol. The summed E-state index contributed by atoms with van der Waals surface area (Å²) in [6.45, 7) is 21.0. The van der Waals surface area contributed by atoms with E-state index in [0.717, 1.165) is 23.7 Å². The van der Waals surface area contributed by atoms with Gasteiger partial charge < -0.3 is 0 Å². The molecule has 0 aliphatic heterocycles. The average Bonchev–Trinajstić information content (AvgIpc) is 2.41. The van der Waals surface area contributed by atoms with Gasteiger partial charge in [0.2, 0.25) is 0 Å². The van der Waals surface area contributed by atoms with E-state index in [0.29, 0.717) is 5.92 Å². The zero-order valence-corrected chi connectivity index (χ0v) is 16.0. The summed E-state index contributed by atoms with van der Waals surface area (Å²) in [6, 6.07) is 0. The largest absolute Gasteiger partial charge is 0.0996 e. The maximum atomic E-state index is 4.37. The molecule has 0 radical (unpaired) electrons. The third-order valence-electron chi connectivity index (χ3n) is 5.33. The molecule has 0 bridgehead atoms. The second-order valence-electron chi connectivity index (χ2n) is 8.09. The molecule has 0 aromatic heterocycles. The first-order valence-corrected chi connectivity index (χ1v) is 9.47. The Bertz CT molecular complexity index is 261. The molecule has 0 aliphatic rings. The van der Waals surface area contributed by atoms with Gasteiger partial charge in [-0.2, -0.15) is 0 Å². The zero-order chi connectivity index (χ0) is 16.4. The number of allylic oxidation sites excluding steroid dienone is 1. The highest BCUT2D eigenvalue weighted by Crippen LogP contribution is 2.33. The van der Waals surface area contributed by atoms with E-state index in [9.17, 15) is 0 Å². The van der Waals surface area contributed by atoms with Crippen LogP contribution in [0.3, 0.4) is 0 Å². The van der Waals surface area contributed by atoms with Gasteiger partial charge in [0.15, 0.2) is 0 Å². The Kier molecular flexibility index (Phi) is 11.2. The van der Waals surface area contributed by atoms with Crippen molar-refractivity contribution in [2.75, 3.05) is 0 Å². The molecule has 0 heteroatoms. The van der Waals surface area contributed by atoms with Crippen molar-refractivity contribution in [3.05, 3.63) is 12.2 Å². The normalized spacial score (nSPS) is 16.2. The number of rotatable bonds is 12. The van der Waals surface area contributed by atoms with Gasteiger partial charge in [-0.1, -0.05) is 79.9 Å². The van der Waals surface area contributed by atoms with Crippen molar-refractivity contribution in [1.29, 1.82) is 0 Å². The summed E-state index contributed by atoms with van der Waals surface area (Å²) in [6.07, 6.45) is 9.37. The predicted octanol–water partition coefficient (Wildman–Crippen LogP) is 7.49. The quantitative estimate of drug-likeness (QED) is 0.258. The third-order valence-corrected chi connectivity index (χ3v) is 5.33. The summed E-state index contributed by atoms with van der Waals surface area (Å²) in [4.78, 5) is 0. The molecule has 0 aromatic carbocycles. The monoisotopic (exact) mass is 294 g/mol. The van der Waals surface area contributed by atoms with Crippen LogP contribution < -0.4 is 0 Å². The lowest BCUT2D eigenvalue weighted by molar-refractivity contribution is 0.246. The fourth-order valence-electron chi connectivity index (χ4n) is 3.18. The van der Waals surface area contributed by atoms with E-state index >= 15 is 0 Å². The Balaban J connectivity index is 4.32. The van der Waals surface area contributed by atoms with Gasteiger partial charge in [0.25, 0.3) is 0 Å². The van der Waals surface area contributed by atoms with Crippen LogP contribution in [-0.4, -0.2) is 0 Å². The molecule has 0 spiro atoms. The SMILES string of the molecule is C=C(CCCCC)C(C)C(C)CC(CCC(C)C)C(C)C. The highest BCUT2D eigenvalue weighted by atomic mass is 14.3. The Labute approximate surface area is 135 Å². The van der Waals surface area contributed by atoms with E-state index < -0.39 is 0 Å². The van der Waals surface area contributed by atoms with Crippen molar-refractivity contribution < 1.29 is 0 Å². The summed E-state index contributed by atoms with van der Waals surface area (Å²) in [7, 11) is 0. The van der Waals surface area contributed by atoms with Crippen LogP contribution >= 0.6 is 0 Å². The van der Waals surface area contributed by atoms with Gasteiger partial charge in [0.05, 0.1) is 0 Å². The lowest BCUT2D eigenvalue weighted by Crippen LogP contribution is -2.19. The molecule has 0 aliphatic carbocycles. The second-order valence-corrected chi connectivity index (χ2v) is 8.09. The van der Waals surface area contributed by atoms with Crippen LogP contribution in [0.4, 0.5) is 0 Å². The number of hydrogen-bond acceptors (Lipinski definition) is 0. The Hall–Kier alpha value is -0.260. The summed E-state index contributed by atoms with van der Waals surface area (Å²) in [5, 5.41) is 0. The second kappa shape index (κ2) is 11.3. The molecule has 0 heterocycles. The van der Waals surface area contributed by atoms with Crippen LogP contribution in [0.5, 0.6) is 0 Å². The molecule has 0 rings (SSSR count). The minimum Gasteiger partial charge on any atom is -0.0996 e. The van der Waals surface area contributed by atoms with Crippen LogP contribution in [0.1, 0.15) is 93.4 Å². The molecular weight excluding hydrogens is 252 g/mol. The average molecular weight is 295 g/mol. The van der Waals surface area contributed by atoms with Gasteiger partial charge in [-0.25, -0.2) is 0 Å². The molecular formula is C21H42. The minimum absolute atomic E-state index is 0.683. The molecule has 3 unspecified atom stereocenters. The molecule has 0 amide bonds. The zero-order valence-electron chi connectivity index (χ0n) is 16.0. The standard InChI is InChI=1S/C21H42/c1-9-10-11-12-18(6)20(8)19(7)15-21(17(4)5)14-13-16(2)3/h16-17,19-21H,6,9-15H2,1-5,7-8H3. The number of hydrogen-bond donors (Lipinski definition) is 0. The highest BCUT2D eigenvalue weighted by molar-refractivity contribution is 5.00. The summed E-state index contributed by atoms with van der Waals surface area (Å²) >= 11 is 0. The first kappa shape index (κ1) is 20.7. The van der Waals surface area contributed by atoms with Gasteiger partial charge in [0, 0.05) is 0 Å². The van der Waals surface area contributed by atoms with Crippen LogP contribution in [0, 0.1) is 29.6 Å². The van der Waals surface area contributed by atoms with E-state index in [-0.39, 0.29) is 0 Å². The summed E-state index contributed by atoms with van der Waals surface area (Å²) in [5.41, 5.74) is 1.49. The molecule has 21 heavy (non-hydrogen) atoms.